The molecule has 1 unspecified atom stereocenters. The van der Waals surface area contributed by atoms with Crippen LogP contribution >= 0.6 is 0 Å². The van der Waals surface area contributed by atoms with Gasteiger partial charge < -0.3 is 15.5 Å². The van der Waals surface area contributed by atoms with E-state index in [9.17, 15) is 0 Å². The number of nitrogens with two attached hydrogens (primary N) is 1. The van der Waals surface area contributed by atoms with Gasteiger partial charge in [-0.1, -0.05) is 30.3 Å². The predicted octanol–water partition coefficient (Wildman–Crippen LogP) is 1.31. The van der Waals surface area contributed by atoms with Gasteiger partial charge in [0.05, 0.1) is 6.04 Å². The number of aliphatic imine (C=N–C) groups is 1. The van der Waals surface area contributed by atoms with Gasteiger partial charge in [0.25, 0.3) is 0 Å². The fourth-order valence-electron chi connectivity index (χ4n) is 2.41. The van der Waals surface area contributed by atoms with Gasteiger partial charge in [-0.05, 0) is 19.5 Å². The lowest BCUT2D eigenvalue weighted by molar-refractivity contribution is 0.150. The molecule has 1 aliphatic rings. The second kappa shape index (κ2) is 5.87. The molecule has 1 aliphatic heterocycles. The smallest absolute Gasteiger partial charge is 0.191 e. The van der Waals surface area contributed by atoms with Crippen molar-refractivity contribution in [2.45, 2.75) is 13.0 Å². The summed E-state index contributed by atoms with van der Waals surface area (Å²) in [4.78, 5) is 8.91. The molecule has 0 amide bonds. The van der Waals surface area contributed by atoms with Crippen molar-refractivity contribution < 1.29 is 0 Å². The van der Waals surface area contributed by atoms with Gasteiger partial charge in [0, 0.05) is 26.2 Å². The summed E-state index contributed by atoms with van der Waals surface area (Å²) in [6.07, 6.45) is 0. The Morgan fingerprint density at radius 2 is 2.06 bits per heavy atom. The van der Waals surface area contributed by atoms with E-state index in [-0.39, 0.29) is 0 Å². The van der Waals surface area contributed by atoms with E-state index in [2.05, 4.69) is 46.1 Å². The van der Waals surface area contributed by atoms with Crippen molar-refractivity contribution in [3.8, 4) is 0 Å². The molecule has 2 rings (SSSR count). The number of rotatable bonds is 2. The summed E-state index contributed by atoms with van der Waals surface area (Å²) in [6.45, 7) is 5.71. The number of benzene rings is 1. The number of hydrogen-bond acceptors (Lipinski definition) is 2. The lowest BCUT2D eigenvalue weighted by atomic mass is 10.0. The molecule has 1 aromatic rings. The van der Waals surface area contributed by atoms with Crippen molar-refractivity contribution in [3.05, 3.63) is 35.9 Å². The summed E-state index contributed by atoms with van der Waals surface area (Å²) in [7, 11) is 2.15. The molecule has 0 aromatic heterocycles. The van der Waals surface area contributed by atoms with Crippen LogP contribution in [0.4, 0.5) is 0 Å². The van der Waals surface area contributed by atoms with Crippen molar-refractivity contribution in [1.82, 2.24) is 9.80 Å². The van der Waals surface area contributed by atoms with Crippen LogP contribution in [0.3, 0.4) is 0 Å². The van der Waals surface area contributed by atoms with E-state index in [4.69, 9.17) is 5.73 Å². The van der Waals surface area contributed by atoms with Crippen molar-refractivity contribution >= 4 is 5.96 Å². The van der Waals surface area contributed by atoms with Crippen LogP contribution in [0.2, 0.25) is 0 Å². The summed E-state index contributed by atoms with van der Waals surface area (Å²) in [6, 6.07) is 10.8. The Morgan fingerprint density at radius 1 is 1.33 bits per heavy atom. The molecule has 4 heteroatoms. The maximum atomic E-state index is 6.09. The first-order chi connectivity index (χ1) is 8.72. The number of likely N-dealkylation sites (N-methyl/N-ethyl adjacent to an activating group) is 1. The van der Waals surface area contributed by atoms with E-state index in [1.54, 1.807) is 0 Å². The van der Waals surface area contributed by atoms with Gasteiger partial charge in [-0.15, -0.1) is 0 Å². The van der Waals surface area contributed by atoms with Crippen molar-refractivity contribution in [2.75, 3.05) is 33.2 Å². The molecule has 4 nitrogen and oxygen atoms in total. The van der Waals surface area contributed by atoms with Gasteiger partial charge in [-0.3, -0.25) is 4.99 Å². The Bertz CT molecular complexity index is 402. The fraction of sp³-hybridized carbons (Fsp3) is 0.500. The van der Waals surface area contributed by atoms with Crippen LogP contribution in [-0.4, -0.2) is 49.0 Å². The largest absolute Gasteiger partial charge is 0.370 e. The van der Waals surface area contributed by atoms with Gasteiger partial charge in [-0.25, -0.2) is 0 Å². The number of nitrogens with zero attached hydrogens (tertiary/aromatic N) is 3. The minimum absolute atomic E-state index is 0.306. The molecule has 0 spiro atoms. The molecule has 1 aromatic carbocycles. The normalized spacial score (nSPS) is 22.2. The molecule has 0 radical (unpaired) electrons. The van der Waals surface area contributed by atoms with E-state index >= 15 is 0 Å². The third-order valence-electron chi connectivity index (χ3n) is 3.38. The van der Waals surface area contributed by atoms with Crippen LogP contribution < -0.4 is 5.73 Å². The Hall–Kier alpha value is -1.55. The molecule has 98 valence electrons. The van der Waals surface area contributed by atoms with Gasteiger partial charge in [0.15, 0.2) is 5.96 Å². The van der Waals surface area contributed by atoms with Gasteiger partial charge in [0.1, 0.15) is 0 Å². The van der Waals surface area contributed by atoms with E-state index in [1.165, 1.54) is 5.56 Å². The molecule has 1 fully saturated rings. The first-order valence-corrected chi connectivity index (χ1v) is 6.52. The third-order valence-corrected chi connectivity index (χ3v) is 3.38. The standard InChI is InChI=1S/C14H22N4/c1-3-16-14(15)18-10-9-17(2)11-13(18)12-7-5-4-6-8-12/h4-8,13H,3,9-11H2,1-2H3,(H2,15,16). The topological polar surface area (TPSA) is 44.9 Å². The van der Waals surface area contributed by atoms with Crippen LogP contribution in [0.15, 0.2) is 35.3 Å². The minimum atomic E-state index is 0.306. The molecule has 1 heterocycles. The van der Waals surface area contributed by atoms with E-state index < -0.39 is 0 Å². The molecule has 1 saturated heterocycles. The number of piperazine rings is 1. The molecule has 0 aliphatic carbocycles. The lowest BCUT2D eigenvalue weighted by Gasteiger charge is -2.41. The van der Waals surface area contributed by atoms with Gasteiger partial charge >= 0.3 is 0 Å². The average molecular weight is 246 g/mol. The Kier molecular flexibility index (Phi) is 4.20. The van der Waals surface area contributed by atoms with Crippen molar-refractivity contribution in [3.63, 3.8) is 0 Å². The zero-order valence-corrected chi connectivity index (χ0v) is 11.2. The summed E-state index contributed by atoms with van der Waals surface area (Å²) >= 11 is 0. The molecule has 18 heavy (non-hydrogen) atoms. The molecular weight excluding hydrogens is 224 g/mol. The zero-order valence-electron chi connectivity index (χ0n) is 11.2. The highest BCUT2D eigenvalue weighted by Gasteiger charge is 2.27. The Morgan fingerprint density at radius 3 is 2.72 bits per heavy atom. The minimum Gasteiger partial charge on any atom is -0.370 e. The zero-order chi connectivity index (χ0) is 13.0. The van der Waals surface area contributed by atoms with Crippen LogP contribution in [-0.2, 0) is 0 Å². The first kappa shape index (κ1) is 12.9. The van der Waals surface area contributed by atoms with Crippen LogP contribution in [0.1, 0.15) is 18.5 Å². The van der Waals surface area contributed by atoms with Crippen molar-refractivity contribution in [1.29, 1.82) is 0 Å². The van der Waals surface area contributed by atoms with Crippen LogP contribution in [0, 0.1) is 0 Å². The number of hydrogen-bond donors (Lipinski definition) is 1. The quantitative estimate of drug-likeness (QED) is 0.632. The Balaban J connectivity index is 2.24. The average Bonchev–Trinajstić information content (AvgIpc) is 2.40. The predicted molar refractivity (Wildman–Crippen MR) is 75.5 cm³/mol. The summed E-state index contributed by atoms with van der Waals surface area (Å²) in [5.41, 5.74) is 7.39. The third kappa shape index (κ3) is 2.82. The maximum Gasteiger partial charge on any atom is 0.191 e. The molecule has 2 N–H and O–H groups in total. The lowest BCUT2D eigenvalue weighted by Crippen LogP contribution is -2.51. The maximum absolute atomic E-state index is 6.09. The SMILES string of the molecule is CCN=C(N)N1CCN(C)CC1c1ccccc1. The van der Waals surface area contributed by atoms with E-state index in [0.29, 0.717) is 12.0 Å². The highest BCUT2D eigenvalue weighted by molar-refractivity contribution is 5.78. The van der Waals surface area contributed by atoms with E-state index in [1.807, 2.05) is 13.0 Å². The van der Waals surface area contributed by atoms with Crippen molar-refractivity contribution in [2.24, 2.45) is 10.7 Å². The molecule has 1 atom stereocenters. The summed E-state index contributed by atoms with van der Waals surface area (Å²) in [5, 5.41) is 0. The Labute approximate surface area is 109 Å². The second-order valence-corrected chi connectivity index (χ2v) is 4.71. The molecular formula is C14H22N4. The highest BCUT2D eigenvalue weighted by Crippen LogP contribution is 2.24. The van der Waals surface area contributed by atoms with Crippen LogP contribution in [0.25, 0.3) is 0 Å². The van der Waals surface area contributed by atoms with Gasteiger partial charge in [0.2, 0.25) is 0 Å². The van der Waals surface area contributed by atoms with Gasteiger partial charge in [-0.2, -0.15) is 0 Å². The van der Waals surface area contributed by atoms with E-state index in [0.717, 1.165) is 26.2 Å². The fourth-order valence-corrected chi connectivity index (χ4v) is 2.41. The molecule has 0 saturated carbocycles. The monoisotopic (exact) mass is 246 g/mol. The summed E-state index contributed by atoms with van der Waals surface area (Å²) in [5.74, 6) is 0.666. The van der Waals surface area contributed by atoms with Crippen LogP contribution in [0.5, 0.6) is 0 Å². The molecule has 0 bridgehead atoms. The summed E-state index contributed by atoms with van der Waals surface area (Å²) < 4.78 is 0. The number of guanidine groups is 1. The highest BCUT2D eigenvalue weighted by atomic mass is 15.3. The second-order valence-electron chi connectivity index (χ2n) is 4.71. The first-order valence-electron chi connectivity index (χ1n) is 6.52.